The van der Waals surface area contributed by atoms with Crippen LogP contribution in [0.3, 0.4) is 0 Å². The predicted molar refractivity (Wildman–Crippen MR) is 102 cm³/mol. The number of phenolic OH excluding ortho intramolecular Hbond substituents is 1. The molecule has 1 aliphatic rings. The molecule has 0 saturated heterocycles. The summed E-state index contributed by atoms with van der Waals surface area (Å²) in [5.74, 6) is -1.09. The summed E-state index contributed by atoms with van der Waals surface area (Å²) >= 11 is 1.74. The first kappa shape index (κ1) is 18.3. The zero-order chi connectivity index (χ0) is 18.7. The number of para-hydroxylation sites is 2. The SMILES string of the molecule is Cc1cccc(C(=O)OCC(=O)N2CC[C@H](C)Sc3ccccc32)c1O. The number of benzene rings is 2. The third kappa shape index (κ3) is 3.85. The molecule has 1 amide bonds. The van der Waals surface area contributed by atoms with Gasteiger partial charge < -0.3 is 14.7 Å². The number of rotatable bonds is 3. The van der Waals surface area contributed by atoms with Crippen LogP contribution in [0.15, 0.2) is 47.4 Å². The molecule has 2 aromatic rings. The number of nitrogens with zero attached hydrogens (tertiary/aromatic N) is 1. The fourth-order valence-corrected chi connectivity index (χ4v) is 3.97. The molecule has 1 atom stereocenters. The van der Waals surface area contributed by atoms with Gasteiger partial charge in [0, 0.05) is 16.7 Å². The molecule has 1 aliphatic heterocycles. The third-order valence-electron chi connectivity index (χ3n) is 4.33. The lowest BCUT2D eigenvalue weighted by atomic mass is 10.1. The molecule has 6 heteroatoms. The lowest BCUT2D eigenvalue weighted by Crippen LogP contribution is -2.35. The van der Waals surface area contributed by atoms with E-state index >= 15 is 0 Å². The highest BCUT2D eigenvalue weighted by molar-refractivity contribution is 8.00. The molecule has 136 valence electrons. The minimum absolute atomic E-state index is 0.0678. The Morgan fingerprint density at radius 2 is 2.00 bits per heavy atom. The van der Waals surface area contributed by atoms with Crippen LogP contribution in [-0.4, -0.2) is 35.4 Å². The van der Waals surface area contributed by atoms with E-state index in [1.165, 1.54) is 6.07 Å². The topological polar surface area (TPSA) is 66.8 Å². The number of carbonyl (C=O) groups excluding carboxylic acids is 2. The third-order valence-corrected chi connectivity index (χ3v) is 5.57. The Morgan fingerprint density at radius 1 is 1.23 bits per heavy atom. The molecule has 0 aromatic heterocycles. The van der Waals surface area contributed by atoms with Gasteiger partial charge in [-0.2, -0.15) is 0 Å². The van der Waals surface area contributed by atoms with Gasteiger partial charge in [-0.05, 0) is 37.1 Å². The van der Waals surface area contributed by atoms with Crippen LogP contribution in [0.1, 0.15) is 29.3 Å². The van der Waals surface area contributed by atoms with Crippen molar-refractivity contribution in [2.75, 3.05) is 18.1 Å². The van der Waals surface area contributed by atoms with E-state index in [-0.39, 0.29) is 23.8 Å². The molecule has 0 radical (unpaired) electrons. The van der Waals surface area contributed by atoms with Crippen molar-refractivity contribution in [3.05, 3.63) is 53.6 Å². The quantitative estimate of drug-likeness (QED) is 0.832. The van der Waals surface area contributed by atoms with Gasteiger partial charge in [-0.1, -0.05) is 31.2 Å². The maximum absolute atomic E-state index is 12.7. The summed E-state index contributed by atoms with van der Waals surface area (Å²) in [6, 6.07) is 12.6. The second-order valence-corrected chi connectivity index (χ2v) is 7.76. The van der Waals surface area contributed by atoms with Crippen molar-refractivity contribution in [2.45, 2.75) is 30.4 Å². The number of fused-ring (bicyclic) bond motifs is 1. The molecule has 2 aromatic carbocycles. The number of hydrogen-bond donors (Lipinski definition) is 1. The molecule has 0 unspecified atom stereocenters. The molecule has 0 saturated carbocycles. The lowest BCUT2D eigenvalue weighted by Gasteiger charge is -2.22. The van der Waals surface area contributed by atoms with E-state index in [0.717, 1.165) is 17.0 Å². The van der Waals surface area contributed by atoms with Crippen LogP contribution < -0.4 is 4.90 Å². The van der Waals surface area contributed by atoms with E-state index in [4.69, 9.17) is 4.74 Å². The first-order chi connectivity index (χ1) is 12.5. The van der Waals surface area contributed by atoms with Crippen molar-refractivity contribution in [1.82, 2.24) is 0 Å². The minimum Gasteiger partial charge on any atom is -0.507 e. The summed E-state index contributed by atoms with van der Waals surface area (Å²) in [5, 5.41) is 10.4. The van der Waals surface area contributed by atoms with E-state index in [9.17, 15) is 14.7 Å². The summed E-state index contributed by atoms with van der Waals surface area (Å²) in [4.78, 5) is 27.6. The standard InChI is InChI=1S/C20H21NO4S/c1-13-6-5-7-15(19(13)23)20(24)25-12-18(22)21-11-10-14(2)26-17-9-4-3-8-16(17)21/h3-9,14,23H,10-12H2,1-2H3/t14-/m0/s1. The predicted octanol–water partition coefficient (Wildman–Crippen LogP) is 3.77. The van der Waals surface area contributed by atoms with E-state index in [0.29, 0.717) is 17.4 Å². The summed E-state index contributed by atoms with van der Waals surface area (Å²) < 4.78 is 5.16. The molecular formula is C20H21NO4S. The molecule has 0 fully saturated rings. The smallest absolute Gasteiger partial charge is 0.342 e. The van der Waals surface area contributed by atoms with Gasteiger partial charge in [0.15, 0.2) is 6.61 Å². The Kier molecular flexibility index (Phi) is 5.52. The highest BCUT2D eigenvalue weighted by Gasteiger charge is 2.25. The number of thioether (sulfide) groups is 1. The Bertz CT molecular complexity index is 836. The van der Waals surface area contributed by atoms with Crippen molar-refractivity contribution in [1.29, 1.82) is 0 Å². The molecule has 26 heavy (non-hydrogen) atoms. The number of hydrogen-bond acceptors (Lipinski definition) is 5. The number of aromatic hydroxyl groups is 1. The maximum Gasteiger partial charge on any atom is 0.342 e. The van der Waals surface area contributed by atoms with Crippen LogP contribution in [0.4, 0.5) is 5.69 Å². The Labute approximate surface area is 157 Å². The summed E-state index contributed by atoms with van der Waals surface area (Å²) in [6.45, 7) is 4.05. The molecule has 5 nitrogen and oxygen atoms in total. The van der Waals surface area contributed by atoms with Crippen molar-refractivity contribution in [2.24, 2.45) is 0 Å². The van der Waals surface area contributed by atoms with Gasteiger partial charge in [-0.15, -0.1) is 11.8 Å². The molecule has 3 rings (SSSR count). The molecule has 1 N–H and O–H groups in total. The average molecular weight is 371 g/mol. The highest BCUT2D eigenvalue weighted by Crippen LogP contribution is 2.37. The zero-order valence-corrected chi connectivity index (χ0v) is 15.6. The number of amides is 1. The molecular weight excluding hydrogens is 350 g/mol. The monoisotopic (exact) mass is 371 g/mol. The second-order valence-electron chi connectivity index (χ2n) is 6.28. The number of esters is 1. The fraction of sp³-hybridized carbons (Fsp3) is 0.300. The average Bonchev–Trinajstić information content (AvgIpc) is 2.80. The number of phenols is 1. The van der Waals surface area contributed by atoms with Crippen molar-refractivity contribution in [3.8, 4) is 5.75 Å². The minimum atomic E-state index is -0.703. The van der Waals surface area contributed by atoms with Gasteiger partial charge >= 0.3 is 5.97 Å². The first-order valence-corrected chi connectivity index (χ1v) is 9.37. The summed E-state index contributed by atoms with van der Waals surface area (Å²) in [6.07, 6.45) is 0.859. The van der Waals surface area contributed by atoms with Gasteiger partial charge in [-0.25, -0.2) is 4.79 Å². The van der Waals surface area contributed by atoms with E-state index in [1.54, 1.807) is 35.7 Å². The largest absolute Gasteiger partial charge is 0.507 e. The lowest BCUT2D eigenvalue weighted by molar-refractivity contribution is -0.121. The summed E-state index contributed by atoms with van der Waals surface area (Å²) in [7, 11) is 0. The van der Waals surface area contributed by atoms with Crippen LogP contribution in [0.2, 0.25) is 0 Å². The normalized spacial score (nSPS) is 16.5. The number of aryl methyl sites for hydroxylation is 1. The van der Waals surface area contributed by atoms with Crippen LogP contribution in [0.25, 0.3) is 0 Å². The van der Waals surface area contributed by atoms with Crippen LogP contribution in [0, 0.1) is 6.92 Å². The Morgan fingerprint density at radius 3 is 2.81 bits per heavy atom. The molecule has 0 aliphatic carbocycles. The molecule has 0 spiro atoms. The highest BCUT2D eigenvalue weighted by atomic mass is 32.2. The first-order valence-electron chi connectivity index (χ1n) is 8.49. The van der Waals surface area contributed by atoms with Crippen LogP contribution >= 0.6 is 11.8 Å². The Hall–Kier alpha value is -2.47. The maximum atomic E-state index is 12.7. The second kappa shape index (κ2) is 7.83. The van der Waals surface area contributed by atoms with Gasteiger partial charge in [0.05, 0.1) is 5.69 Å². The van der Waals surface area contributed by atoms with Gasteiger partial charge in [0.25, 0.3) is 5.91 Å². The molecule has 1 heterocycles. The van der Waals surface area contributed by atoms with Gasteiger partial charge in [0.1, 0.15) is 11.3 Å². The summed E-state index contributed by atoms with van der Waals surface area (Å²) in [5.41, 5.74) is 1.50. The number of anilines is 1. The van der Waals surface area contributed by atoms with E-state index in [2.05, 4.69) is 6.92 Å². The van der Waals surface area contributed by atoms with Crippen molar-refractivity contribution >= 4 is 29.3 Å². The van der Waals surface area contributed by atoms with E-state index < -0.39 is 5.97 Å². The fourth-order valence-electron chi connectivity index (χ4n) is 2.85. The number of ether oxygens (including phenoxy) is 1. The molecule has 0 bridgehead atoms. The number of carbonyl (C=O) groups is 2. The van der Waals surface area contributed by atoms with Crippen molar-refractivity contribution in [3.63, 3.8) is 0 Å². The van der Waals surface area contributed by atoms with Crippen molar-refractivity contribution < 1.29 is 19.4 Å². The van der Waals surface area contributed by atoms with E-state index in [1.807, 2.05) is 24.3 Å². The van der Waals surface area contributed by atoms with Crippen LogP contribution in [0.5, 0.6) is 5.75 Å². The van der Waals surface area contributed by atoms with Crippen LogP contribution in [-0.2, 0) is 9.53 Å². The zero-order valence-electron chi connectivity index (χ0n) is 14.8. The Balaban J connectivity index is 1.72. The van der Waals surface area contributed by atoms with Gasteiger partial charge in [0.2, 0.25) is 0 Å². The van der Waals surface area contributed by atoms with Gasteiger partial charge in [-0.3, -0.25) is 4.79 Å².